The van der Waals surface area contributed by atoms with Gasteiger partial charge in [0, 0.05) is 16.9 Å². The number of carbonyl (C=O) groups is 2. The van der Waals surface area contributed by atoms with Gasteiger partial charge in [-0.2, -0.15) is 0 Å². The minimum atomic E-state index is -0.361. The summed E-state index contributed by atoms with van der Waals surface area (Å²) in [6, 6.07) is 5.12. The number of ketones is 1. The second-order valence-corrected chi connectivity index (χ2v) is 4.71. The fourth-order valence-corrected chi connectivity index (χ4v) is 2.72. The van der Waals surface area contributed by atoms with E-state index in [9.17, 15) is 9.59 Å². The molecule has 84 valence electrons. The van der Waals surface area contributed by atoms with Crippen LogP contribution < -0.4 is 0 Å². The molecule has 0 aromatic heterocycles. The fourth-order valence-electron chi connectivity index (χ4n) is 1.67. The van der Waals surface area contributed by atoms with Crippen LogP contribution in [0.3, 0.4) is 0 Å². The van der Waals surface area contributed by atoms with Crippen molar-refractivity contribution in [3.05, 3.63) is 29.3 Å². The molecule has 0 bridgehead atoms. The number of esters is 1. The SMILES string of the molecule is COC(=O)c1ccc2c(c1)SCCCC2=O. The van der Waals surface area contributed by atoms with Crippen LogP contribution >= 0.6 is 11.8 Å². The van der Waals surface area contributed by atoms with Crippen molar-refractivity contribution in [2.45, 2.75) is 17.7 Å². The molecule has 1 aromatic carbocycles. The monoisotopic (exact) mass is 236 g/mol. The largest absolute Gasteiger partial charge is 0.465 e. The van der Waals surface area contributed by atoms with Crippen LogP contribution in [0.2, 0.25) is 0 Å². The summed E-state index contributed by atoms with van der Waals surface area (Å²) in [5, 5.41) is 0. The molecule has 0 atom stereocenters. The Hall–Kier alpha value is -1.29. The highest BCUT2D eigenvalue weighted by molar-refractivity contribution is 7.99. The van der Waals surface area contributed by atoms with E-state index in [-0.39, 0.29) is 11.8 Å². The van der Waals surface area contributed by atoms with E-state index in [1.165, 1.54) is 7.11 Å². The van der Waals surface area contributed by atoms with Crippen LogP contribution in [-0.2, 0) is 4.74 Å². The van der Waals surface area contributed by atoms with E-state index in [0.29, 0.717) is 12.0 Å². The smallest absolute Gasteiger partial charge is 0.337 e. The molecule has 3 nitrogen and oxygen atoms in total. The van der Waals surface area contributed by atoms with Crippen molar-refractivity contribution in [1.29, 1.82) is 0 Å². The second-order valence-electron chi connectivity index (χ2n) is 3.58. The minimum absolute atomic E-state index is 0.163. The lowest BCUT2D eigenvalue weighted by Crippen LogP contribution is -2.04. The summed E-state index contributed by atoms with van der Waals surface area (Å²) in [5.41, 5.74) is 1.23. The average molecular weight is 236 g/mol. The highest BCUT2D eigenvalue weighted by Crippen LogP contribution is 2.29. The molecular formula is C12H12O3S. The third kappa shape index (κ3) is 2.11. The predicted molar refractivity (Wildman–Crippen MR) is 62.1 cm³/mol. The van der Waals surface area contributed by atoms with Crippen molar-refractivity contribution in [3.63, 3.8) is 0 Å². The summed E-state index contributed by atoms with van der Waals surface area (Å²) in [5.74, 6) is 0.722. The second kappa shape index (κ2) is 4.70. The standard InChI is InChI=1S/C12H12O3S/c1-15-12(14)8-4-5-9-10(13)3-2-6-16-11(9)7-8/h4-5,7H,2-3,6H2,1H3. The van der Waals surface area contributed by atoms with E-state index >= 15 is 0 Å². The topological polar surface area (TPSA) is 43.4 Å². The fraction of sp³-hybridized carbons (Fsp3) is 0.333. The summed E-state index contributed by atoms with van der Waals surface area (Å²) >= 11 is 1.63. The Kier molecular flexibility index (Phi) is 3.29. The number of fused-ring (bicyclic) bond motifs is 1. The molecule has 0 spiro atoms. The van der Waals surface area contributed by atoms with E-state index < -0.39 is 0 Å². The van der Waals surface area contributed by atoms with Gasteiger partial charge in [0.2, 0.25) is 0 Å². The first kappa shape index (κ1) is 11.2. The molecule has 16 heavy (non-hydrogen) atoms. The van der Waals surface area contributed by atoms with Crippen molar-refractivity contribution in [1.82, 2.24) is 0 Å². The maximum atomic E-state index is 11.7. The first-order chi connectivity index (χ1) is 7.72. The average Bonchev–Trinajstić information content (AvgIpc) is 2.50. The van der Waals surface area contributed by atoms with Gasteiger partial charge in [-0.25, -0.2) is 4.79 Å². The summed E-state index contributed by atoms with van der Waals surface area (Å²) in [6.45, 7) is 0. The molecule has 4 heteroatoms. The first-order valence-electron chi connectivity index (χ1n) is 5.11. The van der Waals surface area contributed by atoms with E-state index in [0.717, 1.165) is 22.6 Å². The van der Waals surface area contributed by atoms with Crippen molar-refractivity contribution in [3.8, 4) is 0 Å². The molecule has 2 rings (SSSR count). The predicted octanol–water partition coefficient (Wildman–Crippen LogP) is 2.54. The maximum absolute atomic E-state index is 11.7. The van der Waals surface area contributed by atoms with Gasteiger partial charge in [-0.05, 0) is 30.4 Å². The highest BCUT2D eigenvalue weighted by Gasteiger charge is 2.17. The van der Waals surface area contributed by atoms with Crippen LogP contribution in [0.1, 0.15) is 33.6 Å². The number of hydrogen-bond acceptors (Lipinski definition) is 4. The van der Waals surface area contributed by atoms with E-state index in [1.807, 2.05) is 0 Å². The molecule has 0 unspecified atom stereocenters. The summed E-state index contributed by atoms with van der Waals surface area (Å²) in [4.78, 5) is 24.0. The van der Waals surface area contributed by atoms with Gasteiger partial charge >= 0.3 is 5.97 Å². The van der Waals surface area contributed by atoms with E-state index in [1.54, 1.807) is 30.0 Å². The number of hydrogen-bond donors (Lipinski definition) is 0. The number of rotatable bonds is 1. The molecule has 1 aromatic rings. The van der Waals surface area contributed by atoms with Gasteiger partial charge in [0.1, 0.15) is 0 Å². The van der Waals surface area contributed by atoms with Gasteiger partial charge in [-0.15, -0.1) is 11.8 Å². The summed E-state index contributed by atoms with van der Waals surface area (Å²) in [7, 11) is 1.35. The first-order valence-corrected chi connectivity index (χ1v) is 6.09. The number of carbonyl (C=O) groups excluding carboxylic acids is 2. The summed E-state index contributed by atoms with van der Waals surface area (Å²) < 4.78 is 4.65. The molecule has 0 saturated heterocycles. The lowest BCUT2D eigenvalue weighted by molar-refractivity contribution is 0.0600. The molecule has 0 amide bonds. The Labute approximate surface area is 98.2 Å². The normalized spacial score (nSPS) is 15.2. The van der Waals surface area contributed by atoms with Crippen molar-refractivity contribution >= 4 is 23.5 Å². The zero-order valence-corrected chi connectivity index (χ0v) is 9.80. The van der Waals surface area contributed by atoms with Crippen molar-refractivity contribution in [2.75, 3.05) is 12.9 Å². The van der Waals surface area contributed by atoms with Gasteiger partial charge in [-0.1, -0.05) is 0 Å². The van der Waals surface area contributed by atoms with Crippen LogP contribution in [0.15, 0.2) is 23.1 Å². The van der Waals surface area contributed by atoms with Gasteiger partial charge in [0.05, 0.1) is 12.7 Å². The van der Waals surface area contributed by atoms with E-state index in [4.69, 9.17) is 0 Å². The van der Waals surface area contributed by atoms with Crippen LogP contribution in [-0.4, -0.2) is 24.6 Å². The van der Waals surface area contributed by atoms with Gasteiger partial charge in [-0.3, -0.25) is 4.79 Å². The third-order valence-electron chi connectivity index (χ3n) is 2.51. The molecule has 0 N–H and O–H groups in total. The number of methoxy groups -OCH3 is 1. The van der Waals surface area contributed by atoms with Crippen molar-refractivity contribution in [2.24, 2.45) is 0 Å². The number of Topliss-reactive ketones (excluding diaryl/α,β-unsaturated/α-hetero) is 1. The number of ether oxygens (including phenoxy) is 1. The lowest BCUT2D eigenvalue weighted by Gasteiger charge is -2.06. The molecule has 0 radical (unpaired) electrons. The number of thioether (sulfide) groups is 1. The quantitative estimate of drug-likeness (QED) is 0.703. The molecular weight excluding hydrogens is 224 g/mol. The molecule has 1 aliphatic heterocycles. The Bertz CT molecular complexity index is 440. The van der Waals surface area contributed by atoms with Crippen LogP contribution in [0.4, 0.5) is 0 Å². The summed E-state index contributed by atoms with van der Waals surface area (Å²) in [6.07, 6.45) is 1.49. The lowest BCUT2D eigenvalue weighted by atomic mass is 10.1. The highest BCUT2D eigenvalue weighted by atomic mass is 32.2. The molecule has 0 saturated carbocycles. The molecule has 1 aliphatic rings. The molecule has 1 heterocycles. The molecule has 0 aliphatic carbocycles. The van der Waals surface area contributed by atoms with E-state index in [2.05, 4.69) is 4.74 Å². The Morgan fingerprint density at radius 1 is 1.44 bits per heavy atom. The van der Waals surface area contributed by atoms with Crippen molar-refractivity contribution < 1.29 is 14.3 Å². The van der Waals surface area contributed by atoms with Gasteiger partial charge in [0.25, 0.3) is 0 Å². The molecule has 0 fully saturated rings. The van der Waals surface area contributed by atoms with Crippen LogP contribution in [0, 0.1) is 0 Å². The van der Waals surface area contributed by atoms with Crippen LogP contribution in [0.5, 0.6) is 0 Å². The zero-order chi connectivity index (χ0) is 11.5. The zero-order valence-electron chi connectivity index (χ0n) is 8.99. The Morgan fingerprint density at radius 3 is 3.00 bits per heavy atom. The minimum Gasteiger partial charge on any atom is -0.465 e. The Balaban J connectivity index is 2.41. The van der Waals surface area contributed by atoms with Gasteiger partial charge in [0.15, 0.2) is 5.78 Å². The number of benzene rings is 1. The Morgan fingerprint density at radius 2 is 2.25 bits per heavy atom. The third-order valence-corrected chi connectivity index (χ3v) is 3.65. The van der Waals surface area contributed by atoms with Crippen LogP contribution in [0.25, 0.3) is 0 Å². The maximum Gasteiger partial charge on any atom is 0.337 e. The van der Waals surface area contributed by atoms with Gasteiger partial charge < -0.3 is 4.74 Å².